The number of nitrogens with zero attached hydrogens (tertiary/aromatic N) is 2. The van der Waals surface area contributed by atoms with Crippen LogP contribution in [0.5, 0.6) is 0 Å². The maximum Gasteiger partial charge on any atom is 0.322 e. The van der Waals surface area contributed by atoms with Crippen molar-refractivity contribution in [3.63, 3.8) is 0 Å². The second-order valence-electron chi connectivity index (χ2n) is 5.41. The van der Waals surface area contributed by atoms with Gasteiger partial charge in [0.05, 0.1) is 19.2 Å². The third kappa shape index (κ3) is 6.83. The minimum absolute atomic E-state index is 0.196. The molecule has 0 N–H and O–H groups in total. The summed E-state index contributed by atoms with van der Waals surface area (Å²) in [5.74, 6) is -0.600. The number of hydrogen-bond acceptors (Lipinski definition) is 7. The Hall–Kier alpha value is -1.18. The molecule has 0 aromatic heterocycles. The van der Waals surface area contributed by atoms with E-state index in [1.165, 1.54) is 0 Å². The summed E-state index contributed by atoms with van der Waals surface area (Å²) in [6, 6.07) is 0. The van der Waals surface area contributed by atoms with Gasteiger partial charge in [0.2, 0.25) is 6.29 Å². The Morgan fingerprint density at radius 3 is 2.25 bits per heavy atom. The SMILES string of the molecule is CN(C)CC(=O)OCC1CCC(OC(=O)CN(C)C)O1. The molecule has 2 atom stereocenters. The third-order valence-electron chi connectivity index (χ3n) is 2.65. The highest BCUT2D eigenvalue weighted by atomic mass is 16.7. The van der Waals surface area contributed by atoms with Crippen LogP contribution < -0.4 is 0 Å². The van der Waals surface area contributed by atoms with Gasteiger partial charge in [0.25, 0.3) is 0 Å². The number of rotatable bonds is 7. The van der Waals surface area contributed by atoms with Gasteiger partial charge in [0, 0.05) is 6.42 Å². The first-order valence-corrected chi connectivity index (χ1v) is 6.67. The summed E-state index contributed by atoms with van der Waals surface area (Å²) in [7, 11) is 7.19. The van der Waals surface area contributed by atoms with Gasteiger partial charge in [-0.3, -0.25) is 19.4 Å². The second kappa shape index (κ2) is 8.18. The van der Waals surface area contributed by atoms with Crippen LogP contribution in [0.25, 0.3) is 0 Å². The van der Waals surface area contributed by atoms with Crippen LogP contribution in [0, 0.1) is 0 Å². The second-order valence-corrected chi connectivity index (χ2v) is 5.41. The molecule has 0 spiro atoms. The summed E-state index contributed by atoms with van der Waals surface area (Å²) in [6.45, 7) is 0.671. The third-order valence-corrected chi connectivity index (χ3v) is 2.65. The first kappa shape index (κ1) is 16.9. The Balaban J connectivity index is 2.20. The Labute approximate surface area is 119 Å². The number of esters is 2. The molecular weight excluding hydrogens is 264 g/mol. The summed E-state index contributed by atoms with van der Waals surface area (Å²) < 4.78 is 15.8. The summed E-state index contributed by atoms with van der Waals surface area (Å²) in [6.07, 6.45) is 0.628. The number of ether oxygens (including phenoxy) is 3. The maximum absolute atomic E-state index is 11.5. The molecule has 0 aromatic carbocycles. The minimum Gasteiger partial charge on any atom is -0.462 e. The van der Waals surface area contributed by atoms with Gasteiger partial charge in [-0.05, 0) is 34.6 Å². The lowest BCUT2D eigenvalue weighted by atomic mass is 10.2. The smallest absolute Gasteiger partial charge is 0.322 e. The van der Waals surface area contributed by atoms with Crippen LogP contribution >= 0.6 is 0 Å². The van der Waals surface area contributed by atoms with Crippen LogP contribution in [0.15, 0.2) is 0 Å². The lowest BCUT2D eigenvalue weighted by Crippen LogP contribution is -2.29. The zero-order valence-corrected chi connectivity index (χ0v) is 12.6. The van der Waals surface area contributed by atoms with E-state index in [1.807, 2.05) is 0 Å². The zero-order chi connectivity index (χ0) is 15.1. The number of likely N-dealkylation sites (N-methyl/N-ethyl adjacent to an activating group) is 2. The molecule has 1 saturated heterocycles. The number of hydrogen-bond donors (Lipinski definition) is 0. The van der Waals surface area contributed by atoms with E-state index < -0.39 is 6.29 Å². The molecule has 1 fully saturated rings. The van der Waals surface area contributed by atoms with Crippen molar-refractivity contribution in [2.75, 3.05) is 47.9 Å². The van der Waals surface area contributed by atoms with E-state index in [4.69, 9.17) is 14.2 Å². The summed E-state index contributed by atoms with van der Waals surface area (Å²) >= 11 is 0. The molecule has 116 valence electrons. The fourth-order valence-corrected chi connectivity index (χ4v) is 1.81. The van der Waals surface area contributed by atoms with Crippen LogP contribution in [-0.4, -0.2) is 82.0 Å². The Kier molecular flexibility index (Phi) is 6.90. The Morgan fingerprint density at radius 2 is 1.65 bits per heavy atom. The molecular formula is C13H24N2O5. The van der Waals surface area contributed by atoms with E-state index in [1.54, 1.807) is 38.0 Å². The van der Waals surface area contributed by atoms with Crippen molar-refractivity contribution in [2.45, 2.75) is 25.2 Å². The molecule has 0 bridgehead atoms. The fourth-order valence-electron chi connectivity index (χ4n) is 1.81. The summed E-state index contributed by atoms with van der Waals surface area (Å²) in [5.41, 5.74) is 0. The topological polar surface area (TPSA) is 68.3 Å². The van der Waals surface area contributed by atoms with Crippen molar-refractivity contribution in [3.8, 4) is 0 Å². The summed E-state index contributed by atoms with van der Waals surface area (Å²) in [5, 5.41) is 0. The maximum atomic E-state index is 11.5. The lowest BCUT2D eigenvalue weighted by Gasteiger charge is -2.16. The van der Waals surface area contributed by atoms with Crippen molar-refractivity contribution in [2.24, 2.45) is 0 Å². The lowest BCUT2D eigenvalue weighted by molar-refractivity contribution is -0.180. The van der Waals surface area contributed by atoms with Gasteiger partial charge in [0.1, 0.15) is 6.61 Å². The standard InChI is InChI=1S/C13H24N2O5/c1-14(2)7-11(16)18-9-10-5-6-13(19-10)20-12(17)8-15(3)4/h10,13H,5-9H2,1-4H3. The van der Waals surface area contributed by atoms with Gasteiger partial charge in [-0.1, -0.05) is 0 Å². The number of carbonyl (C=O) groups is 2. The van der Waals surface area contributed by atoms with Crippen molar-refractivity contribution in [1.82, 2.24) is 9.80 Å². The molecule has 7 nitrogen and oxygen atoms in total. The average molecular weight is 288 g/mol. The Morgan fingerprint density at radius 1 is 1.05 bits per heavy atom. The predicted octanol–water partition coefficient (Wildman–Crippen LogP) is -0.299. The molecule has 0 radical (unpaired) electrons. The van der Waals surface area contributed by atoms with Gasteiger partial charge in [0.15, 0.2) is 0 Å². The van der Waals surface area contributed by atoms with E-state index in [2.05, 4.69) is 0 Å². The molecule has 1 heterocycles. The van der Waals surface area contributed by atoms with Crippen molar-refractivity contribution in [3.05, 3.63) is 0 Å². The first-order chi connectivity index (χ1) is 9.36. The van der Waals surface area contributed by atoms with Gasteiger partial charge in [-0.25, -0.2) is 0 Å². The molecule has 1 rings (SSSR count). The van der Waals surface area contributed by atoms with Gasteiger partial charge in [-0.15, -0.1) is 0 Å². The Bertz CT molecular complexity index is 333. The molecule has 0 saturated carbocycles. The highest BCUT2D eigenvalue weighted by Crippen LogP contribution is 2.21. The first-order valence-electron chi connectivity index (χ1n) is 6.67. The monoisotopic (exact) mass is 288 g/mol. The quantitative estimate of drug-likeness (QED) is 0.596. The van der Waals surface area contributed by atoms with Gasteiger partial charge < -0.3 is 14.2 Å². The molecule has 0 amide bonds. The molecule has 1 aliphatic heterocycles. The highest BCUT2D eigenvalue weighted by Gasteiger charge is 2.29. The van der Waals surface area contributed by atoms with Crippen LogP contribution in [0.2, 0.25) is 0 Å². The normalized spacial score (nSPS) is 22.3. The fraction of sp³-hybridized carbons (Fsp3) is 0.846. The van der Waals surface area contributed by atoms with E-state index >= 15 is 0 Å². The van der Waals surface area contributed by atoms with E-state index in [-0.39, 0.29) is 37.7 Å². The van der Waals surface area contributed by atoms with Crippen molar-refractivity contribution >= 4 is 11.9 Å². The van der Waals surface area contributed by atoms with E-state index in [0.717, 1.165) is 6.42 Å². The molecule has 20 heavy (non-hydrogen) atoms. The van der Waals surface area contributed by atoms with Crippen LogP contribution in [0.4, 0.5) is 0 Å². The molecule has 1 aliphatic rings. The van der Waals surface area contributed by atoms with E-state index in [9.17, 15) is 9.59 Å². The number of carbonyl (C=O) groups excluding carboxylic acids is 2. The van der Waals surface area contributed by atoms with Crippen molar-refractivity contribution in [1.29, 1.82) is 0 Å². The van der Waals surface area contributed by atoms with Gasteiger partial charge >= 0.3 is 11.9 Å². The zero-order valence-electron chi connectivity index (χ0n) is 12.6. The average Bonchev–Trinajstić information content (AvgIpc) is 2.72. The molecule has 0 aromatic rings. The van der Waals surface area contributed by atoms with Crippen molar-refractivity contribution < 1.29 is 23.8 Å². The van der Waals surface area contributed by atoms with Crippen LogP contribution in [0.1, 0.15) is 12.8 Å². The minimum atomic E-state index is -0.528. The van der Waals surface area contributed by atoms with E-state index in [0.29, 0.717) is 6.42 Å². The largest absolute Gasteiger partial charge is 0.462 e. The van der Waals surface area contributed by atoms with Crippen LogP contribution in [-0.2, 0) is 23.8 Å². The summed E-state index contributed by atoms with van der Waals surface area (Å²) in [4.78, 5) is 26.3. The predicted molar refractivity (Wildman–Crippen MR) is 72.1 cm³/mol. The highest BCUT2D eigenvalue weighted by molar-refractivity contribution is 5.72. The van der Waals surface area contributed by atoms with Gasteiger partial charge in [-0.2, -0.15) is 0 Å². The molecule has 2 unspecified atom stereocenters. The molecule has 7 heteroatoms. The van der Waals surface area contributed by atoms with Crippen LogP contribution in [0.3, 0.4) is 0 Å². The molecule has 0 aliphatic carbocycles.